The van der Waals surface area contributed by atoms with E-state index in [2.05, 4.69) is 0 Å². The number of rotatable bonds is 1. The van der Waals surface area contributed by atoms with Crippen molar-refractivity contribution in [1.82, 2.24) is 0 Å². The molecule has 1 heterocycles. The fourth-order valence-corrected chi connectivity index (χ4v) is 2.48. The van der Waals surface area contributed by atoms with Crippen molar-refractivity contribution in [1.29, 1.82) is 0 Å². The quantitative estimate of drug-likeness (QED) is 0.790. The highest BCUT2D eigenvalue weighted by molar-refractivity contribution is 6.31. The smallest absolute Gasteiger partial charge is 0.343 e. The Morgan fingerprint density at radius 3 is 2.80 bits per heavy atom. The molecule has 1 aliphatic carbocycles. The molecule has 0 saturated heterocycles. The molecule has 1 unspecified atom stereocenters. The first-order valence-electron chi connectivity index (χ1n) is 6.09. The highest BCUT2D eigenvalue weighted by Crippen LogP contribution is 2.36. The molecule has 20 heavy (non-hydrogen) atoms. The largest absolute Gasteiger partial charge is 0.508 e. The molecule has 0 fully saturated rings. The molecule has 1 atom stereocenters. The maximum atomic E-state index is 12.1. The van der Waals surface area contributed by atoms with Crippen LogP contribution in [0.3, 0.4) is 0 Å². The first-order valence-corrected chi connectivity index (χ1v) is 6.46. The molecule has 5 heteroatoms. The summed E-state index contributed by atoms with van der Waals surface area (Å²) in [6.45, 7) is 0. The standard InChI is InChI=1S/C15H11ClO4/c16-9-3-1-8(2-4-9)13-14(18)11-6-5-10(17)7-12(11)20-15(13)19/h1,3-8,17-18H,2H2. The molecule has 102 valence electrons. The van der Waals surface area contributed by atoms with Crippen LogP contribution in [0.1, 0.15) is 17.9 Å². The van der Waals surface area contributed by atoms with Crippen molar-refractivity contribution >= 4 is 22.6 Å². The fraction of sp³-hybridized carbons (Fsp3) is 0.133. The van der Waals surface area contributed by atoms with E-state index in [1.54, 1.807) is 18.2 Å². The average molecular weight is 291 g/mol. The molecular weight excluding hydrogens is 280 g/mol. The van der Waals surface area contributed by atoms with E-state index < -0.39 is 5.63 Å². The highest BCUT2D eigenvalue weighted by Gasteiger charge is 2.22. The van der Waals surface area contributed by atoms with Crippen LogP contribution in [0.5, 0.6) is 11.5 Å². The van der Waals surface area contributed by atoms with Gasteiger partial charge in [-0.3, -0.25) is 0 Å². The summed E-state index contributed by atoms with van der Waals surface area (Å²) in [5.41, 5.74) is -0.244. The number of hydrogen-bond acceptors (Lipinski definition) is 4. The number of allylic oxidation sites excluding steroid dienone is 4. The molecule has 2 N–H and O–H groups in total. The number of phenolic OH excluding ortho intramolecular Hbond substituents is 1. The van der Waals surface area contributed by atoms with Gasteiger partial charge in [0.15, 0.2) is 0 Å². The van der Waals surface area contributed by atoms with Crippen LogP contribution in [0.2, 0.25) is 0 Å². The zero-order chi connectivity index (χ0) is 14.3. The normalized spacial score (nSPS) is 18.2. The van der Waals surface area contributed by atoms with Crippen molar-refractivity contribution in [3.05, 3.63) is 57.4 Å². The van der Waals surface area contributed by atoms with Crippen molar-refractivity contribution in [2.45, 2.75) is 12.3 Å². The number of phenols is 1. The number of halogens is 1. The Hall–Kier alpha value is -2.20. The third-order valence-corrected chi connectivity index (χ3v) is 3.60. The molecule has 0 saturated carbocycles. The Morgan fingerprint density at radius 1 is 1.30 bits per heavy atom. The summed E-state index contributed by atoms with van der Waals surface area (Å²) in [5, 5.41) is 20.7. The zero-order valence-electron chi connectivity index (χ0n) is 10.3. The van der Waals surface area contributed by atoms with E-state index in [1.807, 2.05) is 0 Å². The van der Waals surface area contributed by atoms with E-state index in [4.69, 9.17) is 16.0 Å². The summed E-state index contributed by atoms with van der Waals surface area (Å²) in [5.74, 6) is -0.413. The molecule has 1 aromatic carbocycles. The van der Waals surface area contributed by atoms with E-state index in [0.29, 0.717) is 16.8 Å². The highest BCUT2D eigenvalue weighted by atomic mass is 35.5. The maximum Gasteiger partial charge on any atom is 0.343 e. The van der Waals surface area contributed by atoms with Crippen LogP contribution >= 0.6 is 11.6 Å². The number of hydrogen-bond donors (Lipinski definition) is 2. The van der Waals surface area contributed by atoms with Crippen LogP contribution in [-0.4, -0.2) is 10.2 Å². The van der Waals surface area contributed by atoms with Gasteiger partial charge in [-0.2, -0.15) is 0 Å². The van der Waals surface area contributed by atoms with E-state index >= 15 is 0 Å². The van der Waals surface area contributed by atoms with E-state index in [9.17, 15) is 15.0 Å². The molecular formula is C15H11ClO4. The van der Waals surface area contributed by atoms with Crippen LogP contribution in [0.4, 0.5) is 0 Å². The molecule has 0 spiro atoms. The van der Waals surface area contributed by atoms with Crippen LogP contribution in [0, 0.1) is 0 Å². The lowest BCUT2D eigenvalue weighted by Crippen LogP contribution is -2.12. The minimum absolute atomic E-state index is 0.0277. The van der Waals surface area contributed by atoms with E-state index in [1.165, 1.54) is 18.2 Å². The predicted molar refractivity (Wildman–Crippen MR) is 76.2 cm³/mol. The van der Waals surface area contributed by atoms with Crippen molar-refractivity contribution < 1.29 is 14.6 Å². The summed E-state index contributed by atoms with van der Waals surface area (Å²) in [4.78, 5) is 12.1. The summed E-state index contributed by atoms with van der Waals surface area (Å²) < 4.78 is 5.17. The van der Waals surface area contributed by atoms with E-state index in [0.717, 1.165) is 0 Å². The monoisotopic (exact) mass is 290 g/mol. The summed E-state index contributed by atoms with van der Waals surface area (Å²) >= 11 is 5.84. The van der Waals surface area contributed by atoms with Gasteiger partial charge in [0.2, 0.25) is 0 Å². The van der Waals surface area contributed by atoms with Crippen LogP contribution in [0.25, 0.3) is 11.0 Å². The molecule has 3 rings (SSSR count). The second-order valence-corrected chi connectivity index (χ2v) is 5.06. The molecule has 2 aromatic rings. The van der Waals surface area contributed by atoms with Gasteiger partial charge in [-0.1, -0.05) is 23.8 Å². The minimum Gasteiger partial charge on any atom is -0.508 e. The first kappa shape index (κ1) is 12.8. The Balaban J connectivity index is 2.20. The SMILES string of the molecule is O=c1oc2cc(O)ccc2c(O)c1C1C=CC(Cl)=CC1. The van der Waals surface area contributed by atoms with Gasteiger partial charge in [0.05, 0.1) is 10.9 Å². The van der Waals surface area contributed by atoms with Gasteiger partial charge in [-0.25, -0.2) is 4.79 Å². The van der Waals surface area contributed by atoms with E-state index in [-0.39, 0.29) is 28.6 Å². The zero-order valence-corrected chi connectivity index (χ0v) is 11.1. The Labute approximate surface area is 119 Å². The minimum atomic E-state index is -0.610. The summed E-state index contributed by atoms with van der Waals surface area (Å²) in [7, 11) is 0. The predicted octanol–water partition coefficient (Wildman–Crippen LogP) is 3.37. The Kier molecular flexibility index (Phi) is 3.03. The lowest BCUT2D eigenvalue weighted by molar-refractivity contribution is 0.449. The molecule has 0 bridgehead atoms. The maximum absolute atomic E-state index is 12.1. The number of aromatic hydroxyl groups is 2. The Morgan fingerprint density at radius 2 is 2.10 bits per heavy atom. The molecule has 1 aromatic heterocycles. The first-order chi connectivity index (χ1) is 9.56. The van der Waals surface area contributed by atoms with Crippen molar-refractivity contribution in [2.24, 2.45) is 0 Å². The van der Waals surface area contributed by atoms with Crippen LogP contribution in [-0.2, 0) is 0 Å². The summed E-state index contributed by atoms with van der Waals surface area (Å²) in [6.07, 6.45) is 5.76. The molecule has 0 aliphatic heterocycles. The number of benzene rings is 1. The lowest BCUT2D eigenvalue weighted by Gasteiger charge is -2.15. The average Bonchev–Trinajstić information content (AvgIpc) is 2.40. The molecule has 0 amide bonds. The molecule has 4 nitrogen and oxygen atoms in total. The fourth-order valence-electron chi connectivity index (χ4n) is 2.32. The third-order valence-electron chi connectivity index (χ3n) is 3.32. The second kappa shape index (κ2) is 4.72. The second-order valence-electron chi connectivity index (χ2n) is 4.62. The van der Waals surface area contributed by atoms with Gasteiger partial charge >= 0.3 is 5.63 Å². The molecule has 1 aliphatic rings. The topological polar surface area (TPSA) is 70.7 Å². The van der Waals surface area contributed by atoms with Crippen molar-refractivity contribution in [3.63, 3.8) is 0 Å². The van der Waals surface area contributed by atoms with Gasteiger partial charge in [0.25, 0.3) is 0 Å². The van der Waals surface area contributed by atoms with Gasteiger partial charge < -0.3 is 14.6 Å². The third kappa shape index (κ3) is 2.08. The molecule has 0 radical (unpaired) electrons. The van der Waals surface area contributed by atoms with Crippen molar-refractivity contribution in [3.8, 4) is 11.5 Å². The Bertz CT molecular complexity index is 801. The van der Waals surface area contributed by atoms with Gasteiger partial charge in [0, 0.05) is 17.0 Å². The van der Waals surface area contributed by atoms with Gasteiger partial charge in [0.1, 0.15) is 17.1 Å². The van der Waals surface area contributed by atoms with Crippen LogP contribution < -0.4 is 5.63 Å². The number of fused-ring (bicyclic) bond motifs is 1. The van der Waals surface area contributed by atoms with Gasteiger partial charge in [-0.15, -0.1) is 0 Å². The van der Waals surface area contributed by atoms with Gasteiger partial charge in [-0.05, 0) is 24.6 Å². The summed E-state index contributed by atoms with van der Waals surface area (Å²) in [6, 6.07) is 4.24. The van der Waals surface area contributed by atoms with Crippen LogP contribution in [0.15, 0.2) is 50.7 Å². The van der Waals surface area contributed by atoms with Crippen molar-refractivity contribution in [2.75, 3.05) is 0 Å². The lowest BCUT2D eigenvalue weighted by atomic mass is 9.92.